The van der Waals surface area contributed by atoms with E-state index in [1.54, 1.807) is 0 Å². The minimum Gasteiger partial charge on any atom is -0.478 e. The number of carbonyl (C=O) groups excluding carboxylic acids is 1. The van der Waals surface area contributed by atoms with Gasteiger partial charge < -0.3 is 27.2 Å². The molecule has 0 spiro atoms. The number of nitrogens with one attached hydrogen (secondary N) is 2. The quantitative estimate of drug-likeness (QED) is 0.379. The molecule has 0 saturated heterocycles. The largest absolute Gasteiger partial charge is 0.478 e. The summed E-state index contributed by atoms with van der Waals surface area (Å²) < 4.78 is 13.4. The molecule has 0 fully saturated rings. The molecule has 18 heavy (non-hydrogen) atoms. The zero-order valence-corrected chi connectivity index (χ0v) is 9.37. The average molecular weight is 256 g/mol. The minimum atomic E-state index is -1.39. The van der Waals surface area contributed by atoms with Gasteiger partial charge >= 0.3 is 12.0 Å². The number of aromatic carboxylic acids is 1. The average Bonchev–Trinajstić information content (AvgIpc) is 2.27. The second-order valence-corrected chi connectivity index (χ2v) is 3.44. The normalized spacial score (nSPS) is 9.83. The third kappa shape index (κ3) is 3.51. The summed E-state index contributed by atoms with van der Waals surface area (Å²) in [7, 11) is 0. The van der Waals surface area contributed by atoms with E-state index in [0.29, 0.717) is 0 Å². The lowest BCUT2D eigenvalue weighted by Gasteiger charge is -2.10. The van der Waals surface area contributed by atoms with E-state index < -0.39 is 23.4 Å². The van der Waals surface area contributed by atoms with Gasteiger partial charge in [-0.25, -0.2) is 14.0 Å². The molecule has 1 aromatic rings. The number of anilines is 2. The number of nitrogen functional groups attached to an aromatic ring is 1. The molecule has 98 valence electrons. The number of carboxylic acid groups (broad SMARTS) is 1. The molecule has 7 nitrogen and oxygen atoms in total. The number of hydrogen-bond acceptors (Lipinski definition) is 4. The van der Waals surface area contributed by atoms with E-state index in [4.69, 9.17) is 16.6 Å². The topological polar surface area (TPSA) is 130 Å². The van der Waals surface area contributed by atoms with Gasteiger partial charge in [0, 0.05) is 13.1 Å². The molecule has 0 bridgehead atoms. The first-order valence-electron chi connectivity index (χ1n) is 5.01. The van der Waals surface area contributed by atoms with Crippen molar-refractivity contribution >= 4 is 23.4 Å². The fourth-order valence-electron chi connectivity index (χ4n) is 1.29. The molecule has 1 aromatic carbocycles. The van der Waals surface area contributed by atoms with Crippen molar-refractivity contribution in [1.29, 1.82) is 0 Å². The van der Waals surface area contributed by atoms with Crippen molar-refractivity contribution in [1.82, 2.24) is 5.32 Å². The van der Waals surface area contributed by atoms with Crippen molar-refractivity contribution in [2.24, 2.45) is 5.73 Å². The highest BCUT2D eigenvalue weighted by Gasteiger charge is 2.13. The van der Waals surface area contributed by atoms with Gasteiger partial charge in [-0.15, -0.1) is 0 Å². The van der Waals surface area contributed by atoms with Crippen LogP contribution in [0.3, 0.4) is 0 Å². The molecule has 0 heterocycles. The number of amides is 2. The third-order valence-corrected chi connectivity index (χ3v) is 2.11. The van der Waals surface area contributed by atoms with Crippen LogP contribution in [-0.4, -0.2) is 30.2 Å². The minimum absolute atomic E-state index is 0.105. The second kappa shape index (κ2) is 5.71. The maximum Gasteiger partial charge on any atom is 0.338 e. The summed E-state index contributed by atoms with van der Waals surface area (Å²) in [6.45, 7) is 0.510. The van der Waals surface area contributed by atoms with Crippen LogP contribution in [0, 0.1) is 5.82 Å². The van der Waals surface area contributed by atoms with Crippen molar-refractivity contribution in [2.75, 3.05) is 24.1 Å². The number of hydrogen-bond donors (Lipinski definition) is 5. The number of benzene rings is 1. The van der Waals surface area contributed by atoms with Crippen molar-refractivity contribution in [3.05, 3.63) is 23.5 Å². The van der Waals surface area contributed by atoms with Crippen molar-refractivity contribution in [3.63, 3.8) is 0 Å². The number of urea groups is 1. The van der Waals surface area contributed by atoms with Crippen LogP contribution in [0.25, 0.3) is 0 Å². The van der Waals surface area contributed by atoms with Crippen molar-refractivity contribution in [3.8, 4) is 0 Å². The summed E-state index contributed by atoms with van der Waals surface area (Å²) in [6.07, 6.45) is 0. The highest BCUT2D eigenvalue weighted by molar-refractivity contribution is 5.90. The Balaban J connectivity index is 2.70. The Morgan fingerprint density at radius 3 is 2.56 bits per heavy atom. The lowest BCUT2D eigenvalue weighted by atomic mass is 10.1. The van der Waals surface area contributed by atoms with E-state index in [2.05, 4.69) is 10.6 Å². The van der Waals surface area contributed by atoms with Crippen LogP contribution in [0.5, 0.6) is 0 Å². The molecular weight excluding hydrogens is 243 g/mol. The number of nitrogens with two attached hydrogens (primary N) is 2. The van der Waals surface area contributed by atoms with Gasteiger partial charge in [-0.2, -0.15) is 0 Å². The summed E-state index contributed by atoms with van der Waals surface area (Å²) in [5, 5.41) is 13.8. The Labute approximate surface area is 102 Å². The molecule has 2 amide bonds. The van der Waals surface area contributed by atoms with E-state index in [1.807, 2.05) is 0 Å². The summed E-state index contributed by atoms with van der Waals surface area (Å²) in [4.78, 5) is 21.0. The molecule has 7 N–H and O–H groups in total. The van der Waals surface area contributed by atoms with Crippen LogP contribution < -0.4 is 22.1 Å². The number of rotatable bonds is 5. The summed E-state index contributed by atoms with van der Waals surface area (Å²) in [6, 6.07) is 1.35. The maximum atomic E-state index is 13.4. The monoisotopic (exact) mass is 256 g/mol. The van der Waals surface area contributed by atoms with Gasteiger partial charge in [-0.05, 0) is 12.1 Å². The summed E-state index contributed by atoms with van der Waals surface area (Å²) in [5.74, 6) is -2.27. The number of carbonyl (C=O) groups is 2. The fraction of sp³-hybridized carbons (Fsp3) is 0.200. The molecule has 0 aliphatic rings. The predicted molar refractivity (Wildman–Crippen MR) is 63.8 cm³/mol. The lowest BCUT2D eigenvalue weighted by Crippen LogP contribution is -2.33. The summed E-state index contributed by atoms with van der Waals surface area (Å²) in [5.41, 5.74) is 10.3. The third-order valence-electron chi connectivity index (χ3n) is 2.11. The molecule has 0 unspecified atom stereocenters. The Bertz CT molecular complexity index is 478. The maximum absolute atomic E-state index is 13.4. The second-order valence-electron chi connectivity index (χ2n) is 3.44. The molecule has 0 aromatic heterocycles. The van der Waals surface area contributed by atoms with Gasteiger partial charge in [-0.1, -0.05) is 0 Å². The van der Waals surface area contributed by atoms with Crippen LogP contribution in [0.2, 0.25) is 0 Å². The molecule has 8 heteroatoms. The van der Waals surface area contributed by atoms with E-state index in [0.717, 1.165) is 12.1 Å². The standard InChI is InChI=1S/C10H13FN4O3/c11-6-4-8(14-1-2-15-10(13)18)7(12)3-5(6)9(16)17/h3-4,14H,1-2,12H2,(H,16,17)(H3,13,15,18). The Hall–Kier alpha value is -2.51. The molecular formula is C10H13FN4O3. The van der Waals surface area contributed by atoms with E-state index in [9.17, 15) is 14.0 Å². The first kappa shape index (κ1) is 13.6. The molecule has 0 aliphatic carbocycles. The smallest absolute Gasteiger partial charge is 0.338 e. The van der Waals surface area contributed by atoms with Gasteiger partial charge in [0.1, 0.15) is 5.82 Å². The van der Waals surface area contributed by atoms with Crippen LogP contribution in [0.1, 0.15) is 10.4 Å². The Morgan fingerprint density at radius 2 is 2.00 bits per heavy atom. The summed E-state index contributed by atoms with van der Waals surface area (Å²) >= 11 is 0. The number of carboxylic acids is 1. The van der Waals surface area contributed by atoms with Gasteiger partial charge in [0.2, 0.25) is 0 Å². The van der Waals surface area contributed by atoms with Gasteiger partial charge in [0.15, 0.2) is 0 Å². The van der Waals surface area contributed by atoms with Gasteiger partial charge in [0.05, 0.1) is 16.9 Å². The fourth-order valence-corrected chi connectivity index (χ4v) is 1.29. The molecule has 0 radical (unpaired) electrons. The van der Waals surface area contributed by atoms with Crippen LogP contribution in [0.15, 0.2) is 12.1 Å². The van der Waals surface area contributed by atoms with E-state index in [1.165, 1.54) is 0 Å². The van der Waals surface area contributed by atoms with E-state index >= 15 is 0 Å². The lowest BCUT2D eigenvalue weighted by molar-refractivity contribution is 0.0692. The Kier molecular flexibility index (Phi) is 4.30. The van der Waals surface area contributed by atoms with Gasteiger partial charge in [-0.3, -0.25) is 0 Å². The van der Waals surface area contributed by atoms with Crippen molar-refractivity contribution in [2.45, 2.75) is 0 Å². The first-order valence-corrected chi connectivity index (χ1v) is 5.01. The van der Waals surface area contributed by atoms with Crippen LogP contribution in [-0.2, 0) is 0 Å². The highest BCUT2D eigenvalue weighted by Crippen LogP contribution is 2.22. The molecule has 0 atom stereocenters. The van der Waals surface area contributed by atoms with Crippen molar-refractivity contribution < 1.29 is 19.1 Å². The predicted octanol–water partition coefficient (Wildman–Crippen LogP) is 0.186. The number of halogens is 1. The first-order chi connectivity index (χ1) is 8.41. The zero-order valence-electron chi connectivity index (χ0n) is 9.37. The SMILES string of the molecule is NC(=O)NCCNc1cc(F)c(C(=O)O)cc1N. The number of primary amides is 1. The van der Waals surface area contributed by atoms with Crippen LogP contribution in [0.4, 0.5) is 20.6 Å². The highest BCUT2D eigenvalue weighted by atomic mass is 19.1. The zero-order chi connectivity index (χ0) is 13.7. The van der Waals surface area contributed by atoms with Crippen LogP contribution >= 0.6 is 0 Å². The molecule has 1 rings (SSSR count). The molecule has 0 saturated carbocycles. The van der Waals surface area contributed by atoms with E-state index in [-0.39, 0.29) is 24.5 Å². The molecule has 0 aliphatic heterocycles. The van der Waals surface area contributed by atoms with Gasteiger partial charge in [0.25, 0.3) is 0 Å². The Morgan fingerprint density at radius 1 is 1.33 bits per heavy atom.